The number of halogens is 2. The van der Waals surface area contributed by atoms with Gasteiger partial charge in [0, 0.05) is 12.5 Å². The zero-order valence-electron chi connectivity index (χ0n) is 11.3. The van der Waals surface area contributed by atoms with Crippen LogP contribution in [0, 0.1) is 17.6 Å². The minimum absolute atomic E-state index is 0.120. The smallest absolute Gasteiger partial charge is 0.169 e. The molecule has 1 unspecified atom stereocenters. The van der Waals surface area contributed by atoms with E-state index < -0.39 is 11.6 Å². The fourth-order valence-corrected chi connectivity index (χ4v) is 3.53. The first-order valence-corrected chi connectivity index (χ1v) is 7.23. The first kappa shape index (κ1) is 13.7. The molecule has 20 heavy (non-hydrogen) atoms. The lowest BCUT2D eigenvalue weighted by atomic mass is 9.80. The van der Waals surface area contributed by atoms with Gasteiger partial charge in [0.2, 0.25) is 0 Å². The third-order valence-electron chi connectivity index (χ3n) is 4.57. The zero-order chi connectivity index (χ0) is 14.2. The molecule has 1 heterocycles. The lowest BCUT2D eigenvalue weighted by Gasteiger charge is -2.37. The van der Waals surface area contributed by atoms with Crippen LogP contribution in [0.25, 0.3) is 0 Å². The van der Waals surface area contributed by atoms with Crippen LogP contribution < -0.4 is 0 Å². The van der Waals surface area contributed by atoms with Crippen molar-refractivity contribution >= 4 is 5.78 Å². The van der Waals surface area contributed by atoms with Crippen molar-refractivity contribution in [3.8, 4) is 0 Å². The number of Topliss-reactive ketones (excluding diaryl/α,β-unsaturated/α-hetero) is 1. The summed E-state index contributed by atoms with van der Waals surface area (Å²) in [4.78, 5) is 12.5. The molecule has 0 amide bonds. The van der Waals surface area contributed by atoms with Crippen LogP contribution in [0.3, 0.4) is 0 Å². The first-order valence-electron chi connectivity index (χ1n) is 7.23. The van der Waals surface area contributed by atoms with E-state index in [2.05, 4.69) is 0 Å². The molecule has 3 rings (SSSR count). The Hall–Kier alpha value is -1.29. The van der Waals surface area contributed by atoms with E-state index in [1.54, 1.807) is 0 Å². The van der Waals surface area contributed by atoms with Gasteiger partial charge in [-0.15, -0.1) is 0 Å². The van der Waals surface area contributed by atoms with Crippen LogP contribution in [0.5, 0.6) is 0 Å². The van der Waals surface area contributed by atoms with Crippen molar-refractivity contribution in [2.75, 3.05) is 6.61 Å². The highest BCUT2D eigenvalue weighted by atomic mass is 19.1. The molecule has 0 bridgehead atoms. The van der Waals surface area contributed by atoms with Crippen LogP contribution in [0.1, 0.15) is 48.9 Å². The lowest BCUT2D eigenvalue weighted by molar-refractivity contribution is -0.0866. The van der Waals surface area contributed by atoms with E-state index in [0.29, 0.717) is 19.4 Å². The molecule has 1 aliphatic carbocycles. The Morgan fingerprint density at radius 1 is 1.25 bits per heavy atom. The molecule has 2 fully saturated rings. The summed E-state index contributed by atoms with van der Waals surface area (Å²) < 4.78 is 32.8. The van der Waals surface area contributed by atoms with Crippen molar-refractivity contribution in [3.63, 3.8) is 0 Å². The maximum absolute atomic E-state index is 13.7. The van der Waals surface area contributed by atoms with Crippen LogP contribution in [0.15, 0.2) is 18.2 Å². The minimum atomic E-state index is -0.636. The highest BCUT2D eigenvalue weighted by Gasteiger charge is 2.42. The second-order valence-corrected chi connectivity index (χ2v) is 5.92. The van der Waals surface area contributed by atoms with Gasteiger partial charge in [0.25, 0.3) is 0 Å². The molecule has 2 aliphatic rings. The third-order valence-corrected chi connectivity index (χ3v) is 4.57. The number of hydrogen-bond donors (Lipinski definition) is 0. The average molecular weight is 280 g/mol. The van der Waals surface area contributed by atoms with Crippen molar-refractivity contribution in [1.82, 2.24) is 0 Å². The predicted octanol–water partition coefficient (Wildman–Crippen LogP) is 3.89. The molecule has 1 aliphatic heterocycles. The number of hydrogen-bond acceptors (Lipinski definition) is 2. The third kappa shape index (κ3) is 2.49. The molecular weight excluding hydrogens is 262 g/mol. The van der Waals surface area contributed by atoms with Gasteiger partial charge in [0.05, 0.1) is 11.2 Å². The van der Waals surface area contributed by atoms with Gasteiger partial charge in [0.15, 0.2) is 5.78 Å². The predicted molar refractivity (Wildman–Crippen MR) is 70.6 cm³/mol. The summed E-state index contributed by atoms with van der Waals surface area (Å²) in [6, 6.07) is 3.07. The highest BCUT2D eigenvalue weighted by molar-refractivity contribution is 5.98. The number of ketones is 1. The number of ether oxygens (including phenoxy) is 1. The summed E-state index contributed by atoms with van der Waals surface area (Å²) >= 11 is 0. The summed E-state index contributed by atoms with van der Waals surface area (Å²) in [5, 5.41) is 0. The standard InChI is InChI=1S/C16H18F2O2/c17-12-3-4-14(18)13(9-12)15(19)11-5-8-20-16(10-11)6-1-2-7-16/h3-4,9,11H,1-2,5-8,10H2. The van der Waals surface area contributed by atoms with Gasteiger partial charge in [-0.2, -0.15) is 0 Å². The van der Waals surface area contributed by atoms with Crippen LogP contribution in [0.4, 0.5) is 8.78 Å². The number of carbonyl (C=O) groups is 1. The van der Waals surface area contributed by atoms with Crippen molar-refractivity contribution in [1.29, 1.82) is 0 Å². The van der Waals surface area contributed by atoms with Gasteiger partial charge < -0.3 is 4.74 Å². The largest absolute Gasteiger partial charge is 0.375 e. The van der Waals surface area contributed by atoms with E-state index >= 15 is 0 Å². The Balaban J connectivity index is 1.81. The molecule has 108 valence electrons. The van der Waals surface area contributed by atoms with Crippen molar-refractivity contribution < 1.29 is 18.3 Å². The van der Waals surface area contributed by atoms with Gasteiger partial charge in [0.1, 0.15) is 11.6 Å². The second kappa shape index (κ2) is 5.24. The summed E-state index contributed by atoms with van der Waals surface area (Å²) in [5.41, 5.74) is -0.312. The molecule has 1 atom stereocenters. The molecule has 2 nitrogen and oxygen atoms in total. The van der Waals surface area contributed by atoms with E-state index in [9.17, 15) is 13.6 Å². The number of benzene rings is 1. The fourth-order valence-electron chi connectivity index (χ4n) is 3.53. The maximum atomic E-state index is 13.7. The molecule has 1 saturated heterocycles. The Morgan fingerprint density at radius 3 is 2.75 bits per heavy atom. The molecule has 4 heteroatoms. The molecular formula is C16H18F2O2. The second-order valence-electron chi connectivity index (χ2n) is 5.92. The fraction of sp³-hybridized carbons (Fsp3) is 0.562. The Kier molecular flexibility index (Phi) is 3.59. The monoisotopic (exact) mass is 280 g/mol. The normalized spacial score (nSPS) is 25.0. The van der Waals surface area contributed by atoms with Gasteiger partial charge >= 0.3 is 0 Å². The summed E-state index contributed by atoms with van der Waals surface area (Å²) in [6.07, 6.45) is 5.42. The first-order chi connectivity index (χ1) is 9.60. The summed E-state index contributed by atoms with van der Waals surface area (Å²) in [7, 11) is 0. The highest BCUT2D eigenvalue weighted by Crippen LogP contribution is 2.42. The molecule has 0 aromatic heterocycles. The van der Waals surface area contributed by atoms with Crippen LogP contribution in [0.2, 0.25) is 0 Å². The number of rotatable bonds is 2. The van der Waals surface area contributed by atoms with E-state index in [-0.39, 0.29) is 22.9 Å². The zero-order valence-corrected chi connectivity index (χ0v) is 11.3. The van der Waals surface area contributed by atoms with E-state index in [0.717, 1.165) is 43.9 Å². The Bertz CT molecular complexity index is 521. The maximum Gasteiger partial charge on any atom is 0.169 e. The molecule has 1 spiro atoms. The number of carbonyl (C=O) groups excluding carboxylic acids is 1. The molecule has 0 N–H and O–H groups in total. The molecule has 1 aromatic carbocycles. The van der Waals surface area contributed by atoms with Crippen molar-refractivity contribution in [2.24, 2.45) is 5.92 Å². The van der Waals surface area contributed by atoms with E-state index in [4.69, 9.17) is 4.74 Å². The van der Waals surface area contributed by atoms with Crippen LogP contribution in [-0.2, 0) is 4.74 Å². The quantitative estimate of drug-likeness (QED) is 0.768. The topological polar surface area (TPSA) is 26.3 Å². The van der Waals surface area contributed by atoms with Crippen molar-refractivity contribution in [3.05, 3.63) is 35.4 Å². The van der Waals surface area contributed by atoms with Crippen LogP contribution >= 0.6 is 0 Å². The lowest BCUT2D eigenvalue weighted by Crippen LogP contribution is -2.40. The summed E-state index contributed by atoms with van der Waals surface area (Å²) in [5.74, 6) is -1.74. The van der Waals surface area contributed by atoms with E-state index in [1.807, 2.05) is 0 Å². The van der Waals surface area contributed by atoms with Gasteiger partial charge in [-0.25, -0.2) is 8.78 Å². The molecule has 1 aromatic rings. The Labute approximate surface area is 117 Å². The van der Waals surface area contributed by atoms with Crippen molar-refractivity contribution in [2.45, 2.75) is 44.1 Å². The van der Waals surface area contributed by atoms with Gasteiger partial charge in [-0.05, 0) is 43.9 Å². The molecule has 1 saturated carbocycles. The Morgan fingerprint density at radius 2 is 2.00 bits per heavy atom. The van der Waals surface area contributed by atoms with Gasteiger partial charge in [-0.3, -0.25) is 4.79 Å². The molecule has 0 radical (unpaired) electrons. The van der Waals surface area contributed by atoms with Gasteiger partial charge in [-0.1, -0.05) is 12.8 Å². The average Bonchev–Trinajstić information content (AvgIpc) is 2.88. The SMILES string of the molecule is O=C(c1cc(F)ccc1F)C1CCOC2(CCCC2)C1. The van der Waals surface area contributed by atoms with E-state index in [1.165, 1.54) is 0 Å². The minimum Gasteiger partial charge on any atom is -0.375 e. The summed E-state index contributed by atoms with van der Waals surface area (Å²) in [6.45, 7) is 0.535. The van der Waals surface area contributed by atoms with Crippen LogP contribution in [-0.4, -0.2) is 18.0 Å².